The van der Waals surface area contributed by atoms with Crippen LogP contribution < -0.4 is 5.32 Å². The van der Waals surface area contributed by atoms with Crippen LogP contribution >= 0.6 is 22.7 Å². The molecular formula is C14H20N2S2. The Morgan fingerprint density at radius 2 is 2.11 bits per heavy atom. The Balaban J connectivity index is 2.33. The molecule has 2 heterocycles. The number of aromatic nitrogens is 1. The third-order valence-electron chi connectivity index (χ3n) is 2.88. The molecule has 0 aromatic carbocycles. The highest BCUT2D eigenvalue weighted by molar-refractivity contribution is 7.12. The van der Waals surface area contributed by atoms with Gasteiger partial charge in [-0.3, -0.25) is 0 Å². The molecule has 98 valence electrons. The zero-order valence-corrected chi connectivity index (χ0v) is 13.0. The molecule has 2 aromatic heterocycles. The fourth-order valence-corrected chi connectivity index (χ4v) is 3.84. The average Bonchev–Trinajstić information content (AvgIpc) is 2.87. The summed E-state index contributed by atoms with van der Waals surface area (Å²) in [5, 5.41) is 7.06. The lowest BCUT2D eigenvalue weighted by Crippen LogP contribution is -2.22. The van der Waals surface area contributed by atoms with E-state index in [9.17, 15) is 0 Å². The second-order valence-electron chi connectivity index (χ2n) is 4.56. The predicted molar refractivity (Wildman–Crippen MR) is 80.8 cm³/mol. The Morgan fingerprint density at radius 1 is 1.33 bits per heavy atom. The molecule has 4 heteroatoms. The first kappa shape index (κ1) is 13.7. The minimum absolute atomic E-state index is 0.307. The SMILES string of the molecule is CCCNC(c1csc(C)c1)c1sc(C)nc1C. The summed E-state index contributed by atoms with van der Waals surface area (Å²) in [5.41, 5.74) is 2.53. The van der Waals surface area contributed by atoms with Crippen molar-refractivity contribution in [3.63, 3.8) is 0 Å². The first-order valence-electron chi connectivity index (χ1n) is 6.34. The van der Waals surface area contributed by atoms with Gasteiger partial charge in [-0.2, -0.15) is 0 Å². The van der Waals surface area contributed by atoms with Crippen molar-refractivity contribution in [3.05, 3.63) is 37.5 Å². The summed E-state index contributed by atoms with van der Waals surface area (Å²) in [5.74, 6) is 0. The Morgan fingerprint density at radius 3 is 2.61 bits per heavy atom. The number of thiazole rings is 1. The molecule has 0 spiro atoms. The van der Waals surface area contributed by atoms with Crippen molar-refractivity contribution in [3.8, 4) is 0 Å². The highest BCUT2D eigenvalue weighted by Crippen LogP contribution is 2.32. The summed E-state index contributed by atoms with van der Waals surface area (Å²) in [6, 6.07) is 2.59. The molecule has 0 aliphatic heterocycles. The van der Waals surface area contributed by atoms with Crippen LogP contribution in [0.25, 0.3) is 0 Å². The normalized spacial score (nSPS) is 12.9. The molecule has 0 amide bonds. The number of nitrogens with zero attached hydrogens (tertiary/aromatic N) is 1. The summed E-state index contributed by atoms with van der Waals surface area (Å²) in [4.78, 5) is 7.28. The smallest absolute Gasteiger partial charge is 0.0900 e. The van der Waals surface area contributed by atoms with Gasteiger partial charge in [0.15, 0.2) is 0 Å². The first-order chi connectivity index (χ1) is 8.61. The number of rotatable bonds is 5. The zero-order chi connectivity index (χ0) is 13.1. The third kappa shape index (κ3) is 2.99. The lowest BCUT2D eigenvalue weighted by molar-refractivity contribution is 0.604. The van der Waals surface area contributed by atoms with Gasteiger partial charge in [-0.25, -0.2) is 4.98 Å². The molecule has 2 aromatic rings. The van der Waals surface area contributed by atoms with Crippen LogP contribution in [0.1, 0.15) is 45.4 Å². The van der Waals surface area contributed by atoms with Gasteiger partial charge in [0, 0.05) is 9.75 Å². The van der Waals surface area contributed by atoms with Gasteiger partial charge in [-0.1, -0.05) is 6.92 Å². The van der Waals surface area contributed by atoms with E-state index < -0.39 is 0 Å². The first-order valence-corrected chi connectivity index (χ1v) is 8.03. The second kappa shape index (κ2) is 5.95. The molecule has 0 aliphatic carbocycles. The molecule has 1 atom stereocenters. The Hall–Kier alpha value is -0.710. The van der Waals surface area contributed by atoms with Crippen molar-refractivity contribution in [1.82, 2.24) is 10.3 Å². The maximum absolute atomic E-state index is 4.55. The fourth-order valence-electron chi connectivity index (χ4n) is 2.08. The number of nitrogens with one attached hydrogen (secondary N) is 1. The number of aryl methyl sites for hydroxylation is 3. The minimum Gasteiger partial charge on any atom is -0.306 e. The lowest BCUT2D eigenvalue weighted by atomic mass is 10.1. The van der Waals surface area contributed by atoms with Gasteiger partial charge in [0.25, 0.3) is 0 Å². The highest BCUT2D eigenvalue weighted by atomic mass is 32.1. The molecule has 0 aliphatic rings. The van der Waals surface area contributed by atoms with Gasteiger partial charge >= 0.3 is 0 Å². The molecule has 2 nitrogen and oxygen atoms in total. The van der Waals surface area contributed by atoms with Crippen LogP contribution in [0.3, 0.4) is 0 Å². The van der Waals surface area contributed by atoms with Crippen molar-refractivity contribution >= 4 is 22.7 Å². The van der Waals surface area contributed by atoms with Crippen molar-refractivity contribution < 1.29 is 0 Å². The van der Waals surface area contributed by atoms with E-state index in [2.05, 4.69) is 49.4 Å². The van der Waals surface area contributed by atoms with Crippen LogP contribution in [-0.4, -0.2) is 11.5 Å². The molecule has 1 N–H and O–H groups in total. The summed E-state index contributed by atoms with van der Waals surface area (Å²) in [7, 11) is 0. The molecule has 0 saturated carbocycles. The van der Waals surface area contributed by atoms with Crippen LogP contribution in [0.4, 0.5) is 0 Å². The van der Waals surface area contributed by atoms with E-state index in [4.69, 9.17) is 0 Å². The van der Waals surface area contributed by atoms with E-state index in [1.807, 2.05) is 22.7 Å². The van der Waals surface area contributed by atoms with Gasteiger partial charge in [-0.05, 0) is 50.7 Å². The average molecular weight is 280 g/mol. The quantitative estimate of drug-likeness (QED) is 0.887. The van der Waals surface area contributed by atoms with Gasteiger partial charge in [0.1, 0.15) is 0 Å². The highest BCUT2D eigenvalue weighted by Gasteiger charge is 2.19. The van der Waals surface area contributed by atoms with Crippen LogP contribution in [0, 0.1) is 20.8 Å². The van der Waals surface area contributed by atoms with E-state index >= 15 is 0 Å². The molecule has 18 heavy (non-hydrogen) atoms. The van der Waals surface area contributed by atoms with E-state index in [1.165, 1.54) is 15.3 Å². The van der Waals surface area contributed by atoms with E-state index in [0.717, 1.165) is 23.7 Å². The number of hydrogen-bond acceptors (Lipinski definition) is 4. The van der Waals surface area contributed by atoms with Crippen LogP contribution in [0.5, 0.6) is 0 Å². The predicted octanol–water partition coefficient (Wildman–Crippen LogP) is 4.22. The summed E-state index contributed by atoms with van der Waals surface area (Å²) < 4.78 is 0. The molecular weight excluding hydrogens is 260 g/mol. The molecule has 0 fully saturated rings. The fraction of sp³-hybridized carbons (Fsp3) is 0.500. The van der Waals surface area contributed by atoms with E-state index in [0.29, 0.717) is 6.04 Å². The van der Waals surface area contributed by atoms with Crippen LogP contribution in [0.15, 0.2) is 11.4 Å². The summed E-state index contributed by atoms with van der Waals surface area (Å²) in [6.45, 7) is 9.59. The lowest BCUT2D eigenvalue weighted by Gasteiger charge is -2.16. The molecule has 0 radical (unpaired) electrons. The molecule has 0 saturated heterocycles. The van der Waals surface area contributed by atoms with Gasteiger partial charge in [0.05, 0.1) is 16.7 Å². The van der Waals surface area contributed by atoms with Crippen molar-refractivity contribution in [2.24, 2.45) is 0 Å². The summed E-state index contributed by atoms with van der Waals surface area (Å²) >= 11 is 3.63. The minimum atomic E-state index is 0.307. The van der Waals surface area contributed by atoms with Crippen molar-refractivity contribution in [2.75, 3.05) is 6.54 Å². The maximum atomic E-state index is 4.55. The zero-order valence-electron chi connectivity index (χ0n) is 11.4. The van der Waals surface area contributed by atoms with Gasteiger partial charge in [-0.15, -0.1) is 22.7 Å². The Labute approximate surface area is 117 Å². The van der Waals surface area contributed by atoms with E-state index in [1.54, 1.807) is 0 Å². The van der Waals surface area contributed by atoms with Gasteiger partial charge < -0.3 is 5.32 Å². The largest absolute Gasteiger partial charge is 0.306 e. The van der Waals surface area contributed by atoms with Crippen LogP contribution in [-0.2, 0) is 0 Å². The maximum Gasteiger partial charge on any atom is 0.0900 e. The Bertz CT molecular complexity index is 514. The second-order valence-corrected chi connectivity index (χ2v) is 6.91. The van der Waals surface area contributed by atoms with Crippen molar-refractivity contribution in [2.45, 2.75) is 40.2 Å². The number of thiophene rings is 1. The van der Waals surface area contributed by atoms with E-state index in [-0.39, 0.29) is 0 Å². The number of hydrogen-bond donors (Lipinski definition) is 1. The standard InChI is InChI=1S/C14H20N2S2/c1-5-6-15-13(12-7-9(2)17-8-12)14-10(3)16-11(4)18-14/h7-8,13,15H,5-6H2,1-4H3. The topological polar surface area (TPSA) is 24.9 Å². The van der Waals surface area contributed by atoms with Gasteiger partial charge in [0.2, 0.25) is 0 Å². The summed E-state index contributed by atoms with van der Waals surface area (Å²) in [6.07, 6.45) is 1.15. The monoisotopic (exact) mass is 280 g/mol. The van der Waals surface area contributed by atoms with Crippen LogP contribution in [0.2, 0.25) is 0 Å². The molecule has 1 unspecified atom stereocenters. The Kier molecular flexibility index (Phi) is 4.54. The molecule has 2 rings (SSSR count). The third-order valence-corrected chi connectivity index (χ3v) is 4.90. The van der Waals surface area contributed by atoms with Crippen molar-refractivity contribution in [1.29, 1.82) is 0 Å². The molecule has 0 bridgehead atoms.